The Morgan fingerprint density at radius 1 is 1.35 bits per heavy atom. The number of nitrogens with one attached hydrogen (secondary N) is 1. The average Bonchev–Trinajstić information content (AvgIpc) is 3.20. The van der Waals surface area contributed by atoms with Crippen LogP contribution in [0.3, 0.4) is 0 Å². The summed E-state index contributed by atoms with van der Waals surface area (Å²) in [5, 5.41) is 3.99. The summed E-state index contributed by atoms with van der Waals surface area (Å²) in [6.07, 6.45) is 2.65. The topological polar surface area (TPSA) is 65.5 Å². The average molecular weight is 395 g/mol. The van der Waals surface area contributed by atoms with Gasteiger partial charge >= 0.3 is 0 Å². The first-order chi connectivity index (χ1) is 12.5. The van der Waals surface area contributed by atoms with Gasteiger partial charge in [0.1, 0.15) is 4.83 Å². The summed E-state index contributed by atoms with van der Waals surface area (Å²) in [4.78, 5) is 34.8. The maximum atomic E-state index is 12.5. The zero-order valence-electron chi connectivity index (χ0n) is 15.6. The monoisotopic (exact) mass is 394 g/mol. The third-order valence-corrected chi connectivity index (χ3v) is 7.01. The second kappa shape index (κ2) is 8.35. The molecule has 6 nitrogen and oxygen atoms in total. The Hall–Kier alpha value is -1.67. The smallest absolute Gasteiger partial charge is 0.261 e. The van der Waals surface area contributed by atoms with Gasteiger partial charge in [-0.15, -0.1) is 11.3 Å². The standard InChI is InChI=1S/C18H26N4O2S2/c1-4-21(5-2)18-20-17-14(26-18)10-13(25-17)16(24)19-11-12(3)22-9-7-6-8-15(22)23/h10,12H,4-9,11H2,1-3H3,(H,19,24). The highest BCUT2D eigenvalue weighted by molar-refractivity contribution is 7.29. The lowest BCUT2D eigenvalue weighted by atomic mass is 10.1. The number of aromatic nitrogens is 1. The Bertz CT molecular complexity index is 750. The van der Waals surface area contributed by atoms with Crippen molar-refractivity contribution in [1.29, 1.82) is 0 Å². The van der Waals surface area contributed by atoms with Gasteiger partial charge in [-0.2, -0.15) is 0 Å². The molecule has 142 valence electrons. The summed E-state index contributed by atoms with van der Waals surface area (Å²) in [6.45, 7) is 9.36. The number of nitrogens with zero attached hydrogens (tertiary/aromatic N) is 3. The Kier molecular flexibility index (Phi) is 6.13. The van der Waals surface area contributed by atoms with E-state index in [1.54, 1.807) is 11.3 Å². The zero-order chi connectivity index (χ0) is 18.7. The van der Waals surface area contributed by atoms with Crippen LogP contribution in [-0.2, 0) is 4.79 Å². The molecule has 0 bridgehead atoms. The minimum atomic E-state index is -0.0825. The van der Waals surface area contributed by atoms with Crippen molar-refractivity contribution in [2.75, 3.05) is 31.1 Å². The first kappa shape index (κ1) is 19.1. The molecule has 0 saturated carbocycles. The highest BCUT2D eigenvalue weighted by atomic mass is 32.1. The van der Waals surface area contributed by atoms with Crippen LogP contribution in [-0.4, -0.2) is 53.9 Å². The highest BCUT2D eigenvalue weighted by Crippen LogP contribution is 2.34. The molecule has 1 N–H and O–H groups in total. The van der Waals surface area contributed by atoms with E-state index >= 15 is 0 Å². The maximum Gasteiger partial charge on any atom is 0.261 e. The lowest BCUT2D eigenvalue weighted by molar-refractivity contribution is -0.135. The fourth-order valence-corrected chi connectivity index (χ4v) is 5.45. The highest BCUT2D eigenvalue weighted by Gasteiger charge is 2.24. The number of anilines is 1. The van der Waals surface area contributed by atoms with E-state index in [2.05, 4.69) is 29.0 Å². The van der Waals surface area contributed by atoms with Gasteiger partial charge in [-0.25, -0.2) is 4.98 Å². The molecule has 2 aromatic heterocycles. The van der Waals surface area contributed by atoms with E-state index < -0.39 is 0 Å². The molecule has 1 unspecified atom stereocenters. The van der Waals surface area contributed by atoms with Gasteiger partial charge in [0, 0.05) is 38.6 Å². The van der Waals surface area contributed by atoms with E-state index in [-0.39, 0.29) is 17.9 Å². The van der Waals surface area contributed by atoms with Crippen molar-refractivity contribution in [2.24, 2.45) is 0 Å². The number of piperidine rings is 1. The molecule has 0 spiro atoms. The molecule has 26 heavy (non-hydrogen) atoms. The van der Waals surface area contributed by atoms with Gasteiger partial charge in [0.05, 0.1) is 9.58 Å². The van der Waals surface area contributed by atoms with Crippen LogP contribution < -0.4 is 10.2 Å². The molecule has 2 amide bonds. The first-order valence-corrected chi connectivity index (χ1v) is 10.9. The predicted molar refractivity (Wildman–Crippen MR) is 108 cm³/mol. The Morgan fingerprint density at radius 3 is 2.77 bits per heavy atom. The Morgan fingerprint density at radius 2 is 2.12 bits per heavy atom. The van der Waals surface area contributed by atoms with Gasteiger partial charge in [-0.1, -0.05) is 11.3 Å². The SMILES string of the molecule is CCN(CC)c1nc2sc(C(=O)NCC(C)N3CCCCC3=O)cc2s1. The van der Waals surface area contributed by atoms with Gasteiger partial charge in [0.25, 0.3) is 5.91 Å². The molecule has 1 atom stereocenters. The summed E-state index contributed by atoms with van der Waals surface area (Å²) < 4.78 is 1.06. The summed E-state index contributed by atoms with van der Waals surface area (Å²) in [5.74, 6) is 0.115. The summed E-state index contributed by atoms with van der Waals surface area (Å²) in [7, 11) is 0. The number of carbonyl (C=O) groups is 2. The number of hydrogen-bond acceptors (Lipinski definition) is 6. The van der Waals surface area contributed by atoms with E-state index in [1.807, 2.05) is 17.9 Å². The molecule has 8 heteroatoms. The van der Waals surface area contributed by atoms with Crippen LogP contribution in [0.1, 0.15) is 49.7 Å². The largest absolute Gasteiger partial charge is 0.349 e. The number of carbonyl (C=O) groups excluding carboxylic acids is 2. The number of fused-ring (bicyclic) bond motifs is 1. The normalized spacial score (nSPS) is 16.1. The van der Waals surface area contributed by atoms with E-state index in [9.17, 15) is 9.59 Å². The number of hydrogen-bond donors (Lipinski definition) is 1. The van der Waals surface area contributed by atoms with Crippen LogP contribution in [0, 0.1) is 0 Å². The van der Waals surface area contributed by atoms with Crippen molar-refractivity contribution < 1.29 is 9.59 Å². The van der Waals surface area contributed by atoms with Crippen LogP contribution in [0.15, 0.2) is 6.07 Å². The third kappa shape index (κ3) is 4.01. The van der Waals surface area contributed by atoms with Crippen LogP contribution in [0.2, 0.25) is 0 Å². The van der Waals surface area contributed by atoms with Crippen LogP contribution in [0.25, 0.3) is 9.53 Å². The fourth-order valence-electron chi connectivity index (χ4n) is 3.20. The van der Waals surface area contributed by atoms with Crippen molar-refractivity contribution in [3.63, 3.8) is 0 Å². The minimum Gasteiger partial charge on any atom is -0.349 e. The van der Waals surface area contributed by atoms with E-state index in [0.717, 1.165) is 47.1 Å². The summed E-state index contributed by atoms with van der Waals surface area (Å²) in [6, 6.07) is 1.96. The van der Waals surface area contributed by atoms with Gasteiger partial charge in [-0.05, 0) is 39.7 Å². The number of rotatable bonds is 7. The number of thiazole rings is 1. The van der Waals surface area contributed by atoms with Crippen LogP contribution in [0.5, 0.6) is 0 Å². The van der Waals surface area contributed by atoms with Gasteiger partial charge < -0.3 is 15.1 Å². The second-order valence-electron chi connectivity index (χ2n) is 6.55. The number of likely N-dealkylation sites (tertiary alicyclic amines) is 1. The summed E-state index contributed by atoms with van der Waals surface area (Å²) in [5.41, 5.74) is 0. The predicted octanol–water partition coefficient (Wildman–Crippen LogP) is 3.33. The van der Waals surface area contributed by atoms with Crippen molar-refractivity contribution >= 4 is 49.1 Å². The molecule has 0 radical (unpaired) electrons. The molecule has 2 aromatic rings. The Balaban J connectivity index is 1.61. The van der Waals surface area contributed by atoms with Crippen LogP contribution in [0.4, 0.5) is 5.13 Å². The van der Waals surface area contributed by atoms with Crippen molar-refractivity contribution in [2.45, 2.75) is 46.1 Å². The molecule has 3 heterocycles. The van der Waals surface area contributed by atoms with E-state index in [0.29, 0.717) is 17.8 Å². The molecular formula is C18H26N4O2S2. The van der Waals surface area contributed by atoms with Crippen molar-refractivity contribution in [3.05, 3.63) is 10.9 Å². The van der Waals surface area contributed by atoms with Crippen molar-refractivity contribution in [1.82, 2.24) is 15.2 Å². The second-order valence-corrected chi connectivity index (χ2v) is 8.59. The molecule has 1 fully saturated rings. The lowest BCUT2D eigenvalue weighted by Crippen LogP contribution is -2.47. The van der Waals surface area contributed by atoms with Crippen molar-refractivity contribution in [3.8, 4) is 0 Å². The first-order valence-electron chi connectivity index (χ1n) is 9.26. The third-order valence-electron chi connectivity index (χ3n) is 4.79. The molecule has 0 aromatic carbocycles. The van der Waals surface area contributed by atoms with Crippen LogP contribution >= 0.6 is 22.7 Å². The Labute approximate surface area is 162 Å². The molecule has 1 aliphatic rings. The zero-order valence-corrected chi connectivity index (χ0v) is 17.2. The van der Waals surface area contributed by atoms with E-state index in [4.69, 9.17) is 0 Å². The van der Waals surface area contributed by atoms with Gasteiger partial charge in [0.15, 0.2) is 5.13 Å². The maximum absolute atomic E-state index is 12.5. The number of thiophene rings is 1. The fraction of sp³-hybridized carbons (Fsp3) is 0.611. The molecule has 1 aliphatic heterocycles. The molecule has 0 aliphatic carbocycles. The minimum absolute atomic E-state index is 0.0280. The molecule has 1 saturated heterocycles. The van der Waals surface area contributed by atoms with Gasteiger partial charge in [-0.3, -0.25) is 9.59 Å². The van der Waals surface area contributed by atoms with E-state index in [1.165, 1.54) is 11.3 Å². The summed E-state index contributed by atoms with van der Waals surface area (Å²) >= 11 is 3.06. The number of amides is 2. The quantitative estimate of drug-likeness (QED) is 0.782. The van der Waals surface area contributed by atoms with Gasteiger partial charge in [0.2, 0.25) is 5.91 Å². The molecular weight excluding hydrogens is 368 g/mol. The lowest BCUT2D eigenvalue weighted by Gasteiger charge is -2.32. The molecule has 3 rings (SSSR count).